The summed E-state index contributed by atoms with van der Waals surface area (Å²) in [5.74, 6) is 0.883. The summed E-state index contributed by atoms with van der Waals surface area (Å²) in [6, 6.07) is 16.8. The molecule has 0 radical (unpaired) electrons. The fourth-order valence-corrected chi connectivity index (χ4v) is 3.76. The fraction of sp³-hybridized carbons (Fsp3) is 0.150. The van der Waals surface area contributed by atoms with Crippen LogP contribution >= 0.6 is 0 Å². The third-order valence-corrected chi connectivity index (χ3v) is 4.70. The maximum Gasteiger partial charge on any atom is 0.152 e. The molecule has 106 valence electrons. The van der Waals surface area contributed by atoms with Gasteiger partial charge in [-0.3, -0.25) is 0 Å². The van der Waals surface area contributed by atoms with Gasteiger partial charge in [0, 0.05) is 5.39 Å². The van der Waals surface area contributed by atoms with Crippen molar-refractivity contribution in [3.05, 3.63) is 65.9 Å². The largest absolute Gasteiger partial charge is 0.463 e. The van der Waals surface area contributed by atoms with E-state index in [-0.39, 0.29) is 0 Å². The smallest absolute Gasteiger partial charge is 0.152 e. The first-order valence-electron chi connectivity index (χ1n) is 7.79. The zero-order valence-electron chi connectivity index (χ0n) is 12.2. The SMILES string of the molecule is c1coc(-c2nc3ccc4ccccc4c3c3c2CCC3)c1. The van der Waals surface area contributed by atoms with Crippen molar-refractivity contribution in [1.29, 1.82) is 0 Å². The van der Waals surface area contributed by atoms with Crippen LogP contribution in [0.5, 0.6) is 0 Å². The lowest BCUT2D eigenvalue weighted by Crippen LogP contribution is -1.95. The van der Waals surface area contributed by atoms with Gasteiger partial charge in [-0.1, -0.05) is 30.3 Å². The standard InChI is InChI=1S/C20H15NO/c1-2-6-14-13(5-1)10-11-17-19(14)15-7-3-8-16(15)20(21-17)18-9-4-12-22-18/h1-2,4-6,9-12H,3,7-8H2. The highest BCUT2D eigenvalue weighted by atomic mass is 16.3. The van der Waals surface area contributed by atoms with Crippen molar-refractivity contribution in [2.75, 3.05) is 0 Å². The number of fused-ring (bicyclic) bond motifs is 5. The van der Waals surface area contributed by atoms with E-state index in [4.69, 9.17) is 9.40 Å². The number of aryl methyl sites for hydroxylation is 1. The van der Waals surface area contributed by atoms with Gasteiger partial charge in [-0.25, -0.2) is 4.98 Å². The number of hydrogen-bond donors (Lipinski definition) is 0. The van der Waals surface area contributed by atoms with E-state index in [0.29, 0.717) is 0 Å². The third-order valence-electron chi connectivity index (χ3n) is 4.70. The van der Waals surface area contributed by atoms with Gasteiger partial charge < -0.3 is 4.42 Å². The molecule has 0 aliphatic heterocycles. The van der Waals surface area contributed by atoms with Gasteiger partial charge in [0.15, 0.2) is 5.76 Å². The second kappa shape index (κ2) is 4.44. The van der Waals surface area contributed by atoms with Crippen molar-refractivity contribution in [3.63, 3.8) is 0 Å². The van der Waals surface area contributed by atoms with Crippen molar-refractivity contribution < 1.29 is 4.42 Å². The first-order valence-corrected chi connectivity index (χ1v) is 7.79. The van der Waals surface area contributed by atoms with Crippen LogP contribution in [0.3, 0.4) is 0 Å². The molecule has 0 saturated carbocycles. The van der Waals surface area contributed by atoms with Crippen LogP contribution in [-0.4, -0.2) is 4.98 Å². The highest BCUT2D eigenvalue weighted by Gasteiger charge is 2.22. The molecule has 2 heterocycles. The van der Waals surface area contributed by atoms with Gasteiger partial charge in [-0.2, -0.15) is 0 Å². The summed E-state index contributed by atoms with van der Waals surface area (Å²) in [5.41, 5.74) is 4.94. The Morgan fingerprint density at radius 1 is 0.864 bits per heavy atom. The number of rotatable bonds is 1. The van der Waals surface area contributed by atoms with Crippen molar-refractivity contribution in [3.8, 4) is 11.5 Å². The molecule has 2 heteroatoms. The van der Waals surface area contributed by atoms with Crippen LogP contribution in [0.2, 0.25) is 0 Å². The zero-order chi connectivity index (χ0) is 14.5. The summed E-state index contributed by atoms with van der Waals surface area (Å²) >= 11 is 0. The summed E-state index contributed by atoms with van der Waals surface area (Å²) in [5, 5.41) is 3.94. The van der Waals surface area contributed by atoms with E-state index < -0.39 is 0 Å². The summed E-state index contributed by atoms with van der Waals surface area (Å²) in [6.45, 7) is 0. The predicted molar refractivity (Wildman–Crippen MR) is 89.0 cm³/mol. The van der Waals surface area contributed by atoms with Gasteiger partial charge in [0.1, 0.15) is 5.69 Å². The monoisotopic (exact) mass is 285 g/mol. The molecule has 0 saturated heterocycles. The predicted octanol–water partition coefficient (Wildman–Crippen LogP) is 5.14. The Balaban J connectivity index is 1.96. The number of nitrogens with zero attached hydrogens (tertiary/aromatic N) is 1. The number of aromatic nitrogens is 1. The maximum absolute atomic E-state index is 5.62. The van der Waals surface area contributed by atoms with Crippen LogP contribution in [-0.2, 0) is 12.8 Å². The van der Waals surface area contributed by atoms with Crippen molar-refractivity contribution in [1.82, 2.24) is 4.98 Å². The van der Waals surface area contributed by atoms with E-state index in [1.54, 1.807) is 6.26 Å². The molecule has 1 aliphatic carbocycles. The summed E-state index contributed by atoms with van der Waals surface area (Å²) in [6.07, 6.45) is 5.16. The first kappa shape index (κ1) is 12.0. The molecule has 0 N–H and O–H groups in total. The van der Waals surface area contributed by atoms with Crippen LogP contribution in [0.15, 0.2) is 59.2 Å². The normalized spacial score (nSPS) is 13.8. The van der Waals surface area contributed by atoms with Gasteiger partial charge in [0.2, 0.25) is 0 Å². The summed E-state index contributed by atoms with van der Waals surface area (Å²) < 4.78 is 5.62. The second-order valence-corrected chi connectivity index (χ2v) is 5.93. The molecule has 0 spiro atoms. The Morgan fingerprint density at radius 2 is 1.77 bits per heavy atom. The van der Waals surface area contributed by atoms with Gasteiger partial charge in [0.05, 0.1) is 11.8 Å². The molecule has 22 heavy (non-hydrogen) atoms. The van der Waals surface area contributed by atoms with Crippen LogP contribution in [0.25, 0.3) is 33.1 Å². The Hall–Kier alpha value is -2.61. The zero-order valence-corrected chi connectivity index (χ0v) is 12.2. The van der Waals surface area contributed by atoms with E-state index in [1.165, 1.54) is 33.7 Å². The quantitative estimate of drug-likeness (QED) is 0.453. The molecule has 0 bridgehead atoms. The second-order valence-electron chi connectivity index (χ2n) is 5.93. The molecular weight excluding hydrogens is 270 g/mol. The minimum atomic E-state index is 0.883. The molecule has 2 nitrogen and oxygen atoms in total. The molecule has 2 aromatic carbocycles. The molecule has 5 rings (SSSR count). The summed E-state index contributed by atoms with van der Waals surface area (Å²) in [4.78, 5) is 4.95. The summed E-state index contributed by atoms with van der Waals surface area (Å²) in [7, 11) is 0. The Morgan fingerprint density at radius 3 is 2.68 bits per heavy atom. The van der Waals surface area contributed by atoms with Crippen LogP contribution < -0.4 is 0 Å². The Labute approximate surface area is 128 Å². The lowest BCUT2D eigenvalue weighted by molar-refractivity contribution is 0.579. The fourth-order valence-electron chi connectivity index (χ4n) is 3.76. The Bertz CT molecular complexity index is 999. The van der Waals surface area contributed by atoms with E-state index in [0.717, 1.165) is 29.8 Å². The van der Waals surface area contributed by atoms with Crippen LogP contribution in [0.4, 0.5) is 0 Å². The number of furan rings is 1. The first-order chi connectivity index (χ1) is 10.9. The molecule has 0 amide bonds. The third kappa shape index (κ3) is 1.58. The van der Waals surface area contributed by atoms with E-state index >= 15 is 0 Å². The van der Waals surface area contributed by atoms with Gasteiger partial charge in [-0.05, 0) is 59.4 Å². The molecule has 0 fully saturated rings. The van der Waals surface area contributed by atoms with Crippen LogP contribution in [0, 0.1) is 0 Å². The number of benzene rings is 2. The minimum Gasteiger partial charge on any atom is -0.463 e. The van der Waals surface area contributed by atoms with Crippen LogP contribution in [0.1, 0.15) is 17.5 Å². The molecule has 0 unspecified atom stereocenters. The Kier molecular flexibility index (Phi) is 2.42. The van der Waals surface area contributed by atoms with E-state index in [9.17, 15) is 0 Å². The molecule has 0 atom stereocenters. The van der Waals surface area contributed by atoms with E-state index in [1.807, 2.05) is 12.1 Å². The highest BCUT2D eigenvalue weighted by molar-refractivity contribution is 6.09. The van der Waals surface area contributed by atoms with Crippen molar-refractivity contribution >= 4 is 21.7 Å². The molecular formula is C20H15NO. The van der Waals surface area contributed by atoms with Gasteiger partial charge in [-0.15, -0.1) is 0 Å². The molecule has 4 aromatic rings. The average molecular weight is 285 g/mol. The molecule has 1 aliphatic rings. The van der Waals surface area contributed by atoms with Crippen molar-refractivity contribution in [2.24, 2.45) is 0 Å². The van der Waals surface area contributed by atoms with Crippen molar-refractivity contribution in [2.45, 2.75) is 19.3 Å². The lowest BCUT2D eigenvalue weighted by atomic mass is 9.97. The van der Waals surface area contributed by atoms with E-state index in [2.05, 4.69) is 36.4 Å². The lowest BCUT2D eigenvalue weighted by Gasteiger charge is -2.12. The number of hydrogen-bond acceptors (Lipinski definition) is 2. The topological polar surface area (TPSA) is 26.0 Å². The van der Waals surface area contributed by atoms with Gasteiger partial charge >= 0.3 is 0 Å². The minimum absolute atomic E-state index is 0.883. The maximum atomic E-state index is 5.62. The highest BCUT2D eigenvalue weighted by Crippen LogP contribution is 2.38. The van der Waals surface area contributed by atoms with Gasteiger partial charge in [0.25, 0.3) is 0 Å². The number of pyridine rings is 1. The molecule has 2 aromatic heterocycles. The average Bonchev–Trinajstić information content (AvgIpc) is 3.25.